The molecule has 0 N–H and O–H groups in total. The zero-order valence-electron chi connectivity index (χ0n) is 13.3. The fraction of sp³-hybridized carbons (Fsp3) is 0.316. The summed E-state index contributed by atoms with van der Waals surface area (Å²) in [5, 5.41) is 0. The number of rotatable bonds is 3. The Morgan fingerprint density at radius 1 is 1.00 bits per heavy atom. The maximum atomic E-state index is 2.48. The van der Waals surface area contributed by atoms with Gasteiger partial charge in [0.1, 0.15) is 7.05 Å². The molecule has 1 aromatic carbocycles. The van der Waals surface area contributed by atoms with Crippen molar-refractivity contribution in [2.45, 2.75) is 19.8 Å². The topological polar surface area (TPSA) is 7.12 Å². The highest BCUT2D eigenvalue weighted by molar-refractivity contribution is 5.72. The summed E-state index contributed by atoms with van der Waals surface area (Å²) in [5.41, 5.74) is 5.24. The molecule has 1 saturated heterocycles. The van der Waals surface area contributed by atoms with Crippen LogP contribution in [0.4, 0.5) is 5.69 Å². The van der Waals surface area contributed by atoms with Crippen molar-refractivity contribution in [1.82, 2.24) is 0 Å². The van der Waals surface area contributed by atoms with Gasteiger partial charge in [-0.15, -0.1) is 0 Å². The second-order valence-electron chi connectivity index (χ2n) is 5.87. The van der Waals surface area contributed by atoms with Crippen LogP contribution < -0.4 is 33.4 Å². The minimum absolute atomic E-state index is 0. The summed E-state index contributed by atoms with van der Waals surface area (Å²) in [4.78, 5) is 2.48. The number of aromatic nitrogens is 1. The number of anilines is 1. The average Bonchev–Trinajstić information content (AvgIpc) is 3.02. The van der Waals surface area contributed by atoms with E-state index in [0.29, 0.717) is 0 Å². The first kappa shape index (κ1) is 17.0. The molecule has 0 atom stereocenters. The van der Waals surface area contributed by atoms with Crippen molar-refractivity contribution in [3.05, 3.63) is 59.4 Å². The number of hydrogen-bond donors (Lipinski definition) is 0. The highest BCUT2D eigenvalue weighted by atomic mass is 127. The minimum atomic E-state index is 0. The van der Waals surface area contributed by atoms with E-state index in [9.17, 15) is 0 Å². The molecule has 116 valence electrons. The van der Waals surface area contributed by atoms with E-state index in [-0.39, 0.29) is 24.0 Å². The number of halogens is 1. The maximum absolute atomic E-state index is 2.48. The molecule has 0 radical (unpaired) electrons. The summed E-state index contributed by atoms with van der Waals surface area (Å²) in [5.74, 6) is 0. The van der Waals surface area contributed by atoms with Crippen molar-refractivity contribution in [1.29, 1.82) is 0 Å². The van der Waals surface area contributed by atoms with Gasteiger partial charge in [-0.3, -0.25) is 0 Å². The largest absolute Gasteiger partial charge is 1.00 e. The molecule has 3 heteroatoms. The Morgan fingerprint density at radius 3 is 2.32 bits per heavy atom. The van der Waals surface area contributed by atoms with Crippen LogP contribution in [-0.4, -0.2) is 13.1 Å². The lowest BCUT2D eigenvalue weighted by atomic mass is 10.1. The summed E-state index contributed by atoms with van der Waals surface area (Å²) in [7, 11) is 2.04. The molecule has 2 nitrogen and oxygen atoms in total. The molecular formula is C19H23IN2. The number of hydrogen-bond acceptors (Lipinski definition) is 1. The van der Waals surface area contributed by atoms with E-state index in [4.69, 9.17) is 0 Å². The minimum Gasteiger partial charge on any atom is -1.00 e. The van der Waals surface area contributed by atoms with Gasteiger partial charge in [0.05, 0.1) is 0 Å². The van der Waals surface area contributed by atoms with E-state index in [0.717, 1.165) is 0 Å². The van der Waals surface area contributed by atoms with Crippen LogP contribution in [0, 0.1) is 6.92 Å². The molecule has 2 aromatic rings. The summed E-state index contributed by atoms with van der Waals surface area (Å²) < 4.78 is 2.05. The first-order chi connectivity index (χ1) is 10.2. The molecule has 1 aromatic heterocycles. The second kappa shape index (κ2) is 7.77. The van der Waals surface area contributed by atoms with E-state index >= 15 is 0 Å². The van der Waals surface area contributed by atoms with Gasteiger partial charge in [0.25, 0.3) is 0 Å². The Labute approximate surface area is 150 Å². The molecular weight excluding hydrogens is 383 g/mol. The first-order valence-corrected chi connectivity index (χ1v) is 7.71. The van der Waals surface area contributed by atoms with Crippen LogP contribution in [0.1, 0.15) is 29.5 Å². The Hall–Kier alpha value is -1.36. The Balaban J connectivity index is 0.00000176. The van der Waals surface area contributed by atoms with Crippen LogP contribution >= 0.6 is 0 Å². The smallest absolute Gasteiger partial charge is 0.169 e. The Morgan fingerprint density at radius 2 is 1.68 bits per heavy atom. The van der Waals surface area contributed by atoms with Crippen molar-refractivity contribution in [3.8, 4) is 0 Å². The van der Waals surface area contributed by atoms with Crippen molar-refractivity contribution in [3.63, 3.8) is 0 Å². The van der Waals surface area contributed by atoms with Crippen LogP contribution in [0.25, 0.3) is 12.2 Å². The number of aryl methyl sites for hydroxylation is 2. The highest BCUT2D eigenvalue weighted by Crippen LogP contribution is 2.24. The van der Waals surface area contributed by atoms with Gasteiger partial charge in [-0.25, -0.2) is 4.57 Å². The van der Waals surface area contributed by atoms with Crippen LogP contribution in [0.3, 0.4) is 0 Å². The monoisotopic (exact) mass is 406 g/mol. The molecule has 0 aliphatic carbocycles. The highest BCUT2D eigenvalue weighted by Gasteiger charge is 2.12. The summed E-state index contributed by atoms with van der Waals surface area (Å²) >= 11 is 0. The molecule has 3 rings (SSSR count). The Bertz CT molecular complexity index is 641. The van der Waals surface area contributed by atoms with Crippen LogP contribution in [0.2, 0.25) is 0 Å². The molecule has 1 aliphatic heterocycles. The molecule has 1 fully saturated rings. The maximum Gasteiger partial charge on any atom is 0.169 e. The molecule has 0 spiro atoms. The lowest BCUT2D eigenvalue weighted by molar-refractivity contribution is -0.671. The average molecular weight is 406 g/mol. The van der Waals surface area contributed by atoms with Crippen molar-refractivity contribution in [2.24, 2.45) is 7.05 Å². The van der Waals surface area contributed by atoms with Gasteiger partial charge >= 0.3 is 0 Å². The molecule has 0 amide bonds. The SMILES string of the molecule is Cc1cc(N2CCCC2)ccc1/C=C/c1cc[n+](C)cc1.[I-]. The van der Waals surface area contributed by atoms with E-state index in [1.165, 1.54) is 48.3 Å². The quantitative estimate of drug-likeness (QED) is 0.535. The lowest BCUT2D eigenvalue weighted by Gasteiger charge is -2.18. The van der Waals surface area contributed by atoms with E-state index in [2.05, 4.69) is 66.7 Å². The predicted octanol–water partition coefficient (Wildman–Crippen LogP) is 0.594. The number of pyridine rings is 1. The zero-order valence-corrected chi connectivity index (χ0v) is 15.5. The van der Waals surface area contributed by atoms with Gasteiger partial charge in [0, 0.05) is 30.9 Å². The third-order valence-electron chi connectivity index (χ3n) is 4.18. The lowest BCUT2D eigenvalue weighted by Crippen LogP contribution is -3.00. The third kappa shape index (κ3) is 4.09. The van der Waals surface area contributed by atoms with Gasteiger partial charge in [0.15, 0.2) is 12.4 Å². The van der Waals surface area contributed by atoms with E-state index in [1.807, 2.05) is 11.6 Å². The standard InChI is InChI=1S/C19H23N2.HI/c1-16-15-19(21-11-3-4-12-21)8-7-18(16)6-5-17-9-13-20(2)14-10-17;/h5-10,13-15H,3-4,11-12H2,1-2H3;1H/q+1;/p-1. The fourth-order valence-electron chi connectivity index (χ4n) is 2.83. The van der Waals surface area contributed by atoms with Crippen LogP contribution in [-0.2, 0) is 7.05 Å². The van der Waals surface area contributed by atoms with Crippen molar-refractivity contribution < 1.29 is 28.5 Å². The van der Waals surface area contributed by atoms with Gasteiger partial charge in [-0.1, -0.05) is 18.2 Å². The molecule has 0 bridgehead atoms. The molecule has 2 heterocycles. The molecule has 0 unspecified atom stereocenters. The number of benzene rings is 1. The van der Waals surface area contributed by atoms with Gasteiger partial charge in [-0.2, -0.15) is 0 Å². The molecule has 0 saturated carbocycles. The zero-order chi connectivity index (χ0) is 14.7. The Kier molecular flexibility index (Phi) is 6.00. The summed E-state index contributed by atoms with van der Waals surface area (Å²) in [6.45, 7) is 4.61. The van der Waals surface area contributed by atoms with Gasteiger partial charge in [0.2, 0.25) is 0 Å². The normalized spacial score (nSPS) is 14.4. The van der Waals surface area contributed by atoms with E-state index in [1.54, 1.807) is 0 Å². The van der Waals surface area contributed by atoms with Crippen LogP contribution in [0.15, 0.2) is 42.7 Å². The first-order valence-electron chi connectivity index (χ1n) is 7.71. The van der Waals surface area contributed by atoms with Gasteiger partial charge < -0.3 is 28.9 Å². The fourth-order valence-corrected chi connectivity index (χ4v) is 2.83. The van der Waals surface area contributed by atoms with Crippen molar-refractivity contribution >= 4 is 17.8 Å². The second-order valence-corrected chi connectivity index (χ2v) is 5.87. The molecule has 1 aliphatic rings. The van der Waals surface area contributed by atoms with E-state index < -0.39 is 0 Å². The van der Waals surface area contributed by atoms with Crippen LogP contribution in [0.5, 0.6) is 0 Å². The third-order valence-corrected chi connectivity index (χ3v) is 4.18. The number of nitrogens with zero attached hydrogens (tertiary/aromatic N) is 2. The molecule has 22 heavy (non-hydrogen) atoms. The van der Waals surface area contributed by atoms with Crippen molar-refractivity contribution in [2.75, 3.05) is 18.0 Å². The van der Waals surface area contributed by atoms with Gasteiger partial charge in [-0.05, 0) is 48.6 Å². The predicted molar refractivity (Wildman–Crippen MR) is 89.2 cm³/mol. The summed E-state index contributed by atoms with van der Waals surface area (Å²) in [6, 6.07) is 11.1. The summed E-state index contributed by atoms with van der Waals surface area (Å²) in [6.07, 6.45) is 11.2.